The maximum atomic E-state index is 6.12. The predicted octanol–water partition coefficient (Wildman–Crippen LogP) is 5.21. The van der Waals surface area contributed by atoms with E-state index in [1.54, 1.807) is 24.5 Å². The second-order valence-electron chi connectivity index (χ2n) is 3.89. The third-order valence-electron chi connectivity index (χ3n) is 2.57. The third-order valence-corrected chi connectivity index (χ3v) is 3.39. The lowest BCUT2D eigenvalue weighted by Gasteiger charge is -2.18. The maximum Gasteiger partial charge on any atom is 0.0724 e. The molecule has 1 N–H and O–H groups in total. The number of halogens is 3. The van der Waals surface area contributed by atoms with E-state index in [4.69, 9.17) is 34.8 Å². The maximum absolute atomic E-state index is 6.12. The monoisotopic (exact) mass is 300 g/mol. The van der Waals surface area contributed by atoms with E-state index < -0.39 is 0 Å². The first-order valence-electron chi connectivity index (χ1n) is 5.39. The van der Waals surface area contributed by atoms with Crippen LogP contribution in [0.2, 0.25) is 15.1 Å². The smallest absolute Gasteiger partial charge is 0.0724 e. The molecular weight excluding hydrogens is 291 g/mol. The fourth-order valence-electron chi connectivity index (χ4n) is 1.63. The van der Waals surface area contributed by atoms with Gasteiger partial charge in [-0.3, -0.25) is 4.98 Å². The second-order valence-corrected chi connectivity index (χ2v) is 5.14. The molecule has 0 saturated heterocycles. The molecule has 0 aliphatic carbocycles. The molecule has 18 heavy (non-hydrogen) atoms. The number of pyridine rings is 1. The molecule has 0 spiro atoms. The Balaban J connectivity index is 2.25. The lowest BCUT2D eigenvalue weighted by molar-refractivity contribution is 0.881. The summed E-state index contributed by atoms with van der Waals surface area (Å²) < 4.78 is 0. The Morgan fingerprint density at radius 2 is 1.61 bits per heavy atom. The molecule has 2 rings (SSSR count). The summed E-state index contributed by atoms with van der Waals surface area (Å²) in [7, 11) is 0. The predicted molar refractivity (Wildman–Crippen MR) is 77.7 cm³/mol. The number of nitrogens with one attached hydrogen (secondary N) is 1. The van der Waals surface area contributed by atoms with Crippen molar-refractivity contribution in [1.82, 2.24) is 4.98 Å². The quantitative estimate of drug-likeness (QED) is 0.841. The Bertz CT molecular complexity index is 520. The van der Waals surface area contributed by atoms with Crippen molar-refractivity contribution in [2.75, 3.05) is 5.32 Å². The van der Waals surface area contributed by atoms with Gasteiger partial charge in [0.15, 0.2) is 0 Å². The first-order valence-corrected chi connectivity index (χ1v) is 6.52. The van der Waals surface area contributed by atoms with E-state index in [2.05, 4.69) is 10.3 Å². The number of hydrogen-bond acceptors (Lipinski definition) is 2. The van der Waals surface area contributed by atoms with Gasteiger partial charge in [-0.05, 0) is 36.8 Å². The Hall–Kier alpha value is -0.960. The normalized spacial score (nSPS) is 12.2. The van der Waals surface area contributed by atoms with Crippen LogP contribution in [0.3, 0.4) is 0 Å². The first kappa shape index (κ1) is 13.5. The van der Waals surface area contributed by atoms with Crippen LogP contribution in [0.4, 0.5) is 5.69 Å². The van der Waals surface area contributed by atoms with Gasteiger partial charge in [0.05, 0.1) is 15.7 Å². The van der Waals surface area contributed by atoms with Gasteiger partial charge in [0, 0.05) is 23.5 Å². The van der Waals surface area contributed by atoms with Crippen molar-refractivity contribution in [2.45, 2.75) is 13.0 Å². The SMILES string of the molecule is CC(Nc1c(Cl)cc(Cl)cc1Cl)c1ccncc1. The van der Waals surface area contributed by atoms with Crippen molar-refractivity contribution in [3.63, 3.8) is 0 Å². The lowest BCUT2D eigenvalue weighted by Crippen LogP contribution is -2.07. The van der Waals surface area contributed by atoms with Gasteiger partial charge in [-0.1, -0.05) is 34.8 Å². The molecule has 0 amide bonds. The summed E-state index contributed by atoms with van der Waals surface area (Å²) >= 11 is 18.1. The van der Waals surface area contributed by atoms with Crippen molar-refractivity contribution < 1.29 is 0 Å². The average molecular weight is 302 g/mol. The van der Waals surface area contributed by atoms with Crippen LogP contribution >= 0.6 is 34.8 Å². The largest absolute Gasteiger partial charge is 0.376 e. The molecule has 1 atom stereocenters. The zero-order valence-corrected chi connectivity index (χ0v) is 11.9. The minimum absolute atomic E-state index is 0.0733. The molecule has 0 saturated carbocycles. The fraction of sp³-hybridized carbons (Fsp3) is 0.154. The van der Waals surface area contributed by atoms with Gasteiger partial charge < -0.3 is 5.32 Å². The van der Waals surface area contributed by atoms with Crippen LogP contribution in [0.1, 0.15) is 18.5 Å². The van der Waals surface area contributed by atoms with Gasteiger partial charge in [0.25, 0.3) is 0 Å². The molecule has 0 aliphatic heterocycles. The number of rotatable bonds is 3. The van der Waals surface area contributed by atoms with Crippen molar-refractivity contribution in [3.05, 3.63) is 57.3 Å². The van der Waals surface area contributed by atoms with Crippen molar-refractivity contribution in [1.29, 1.82) is 0 Å². The highest BCUT2D eigenvalue weighted by atomic mass is 35.5. The zero-order valence-electron chi connectivity index (χ0n) is 9.62. The summed E-state index contributed by atoms with van der Waals surface area (Å²) in [6.45, 7) is 2.02. The summed E-state index contributed by atoms with van der Waals surface area (Å²) in [5, 5.41) is 4.81. The number of aromatic nitrogens is 1. The van der Waals surface area contributed by atoms with Crippen LogP contribution in [0.5, 0.6) is 0 Å². The minimum atomic E-state index is 0.0733. The number of nitrogens with zero attached hydrogens (tertiary/aromatic N) is 1. The summed E-state index contributed by atoms with van der Waals surface area (Å²) in [4.78, 5) is 3.98. The third kappa shape index (κ3) is 3.08. The van der Waals surface area contributed by atoms with Crippen LogP contribution in [0.15, 0.2) is 36.7 Å². The molecule has 1 unspecified atom stereocenters. The summed E-state index contributed by atoms with van der Waals surface area (Å²) in [5.74, 6) is 0. The standard InChI is InChI=1S/C13H11Cl3N2/c1-8(9-2-4-17-5-3-9)18-13-11(15)6-10(14)7-12(13)16/h2-8,18H,1H3. The molecule has 0 bridgehead atoms. The van der Waals surface area contributed by atoms with Crippen molar-refractivity contribution >= 4 is 40.5 Å². The van der Waals surface area contributed by atoms with E-state index in [0.717, 1.165) is 5.56 Å². The summed E-state index contributed by atoms with van der Waals surface area (Å²) in [6.07, 6.45) is 3.50. The van der Waals surface area contributed by atoms with Crippen molar-refractivity contribution in [3.8, 4) is 0 Å². The van der Waals surface area contributed by atoms with E-state index in [1.165, 1.54) is 0 Å². The molecule has 1 aromatic carbocycles. The van der Waals surface area contributed by atoms with Crippen LogP contribution in [-0.4, -0.2) is 4.98 Å². The Labute approximate surface area is 121 Å². The van der Waals surface area contributed by atoms with Gasteiger partial charge in [-0.15, -0.1) is 0 Å². The van der Waals surface area contributed by atoms with Gasteiger partial charge in [-0.25, -0.2) is 0 Å². The van der Waals surface area contributed by atoms with E-state index >= 15 is 0 Å². The van der Waals surface area contributed by atoms with Gasteiger partial charge in [0.2, 0.25) is 0 Å². The molecule has 1 heterocycles. The Kier molecular flexibility index (Phi) is 4.33. The Morgan fingerprint density at radius 1 is 1.06 bits per heavy atom. The molecule has 0 radical (unpaired) electrons. The van der Waals surface area contributed by atoms with Crippen LogP contribution in [-0.2, 0) is 0 Å². The molecule has 0 fully saturated rings. The highest BCUT2D eigenvalue weighted by Crippen LogP contribution is 2.35. The molecule has 1 aromatic heterocycles. The van der Waals surface area contributed by atoms with Gasteiger partial charge >= 0.3 is 0 Å². The molecule has 94 valence electrons. The molecule has 2 aromatic rings. The number of hydrogen-bond donors (Lipinski definition) is 1. The lowest BCUT2D eigenvalue weighted by atomic mass is 10.1. The van der Waals surface area contributed by atoms with Crippen LogP contribution in [0.25, 0.3) is 0 Å². The highest BCUT2D eigenvalue weighted by Gasteiger charge is 2.11. The molecule has 0 aliphatic rings. The van der Waals surface area contributed by atoms with E-state index in [9.17, 15) is 0 Å². The number of benzene rings is 1. The van der Waals surface area contributed by atoms with Crippen molar-refractivity contribution in [2.24, 2.45) is 0 Å². The summed E-state index contributed by atoms with van der Waals surface area (Å²) in [6, 6.07) is 7.28. The van der Waals surface area contributed by atoms with Crippen LogP contribution in [0, 0.1) is 0 Å². The number of anilines is 1. The fourth-order valence-corrected chi connectivity index (χ4v) is 2.56. The topological polar surface area (TPSA) is 24.9 Å². The molecule has 5 heteroatoms. The molecule has 2 nitrogen and oxygen atoms in total. The zero-order chi connectivity index (χ0) is 13.1. The summed E-state index contributed by atoms with van der Waals surface area (Å²) in [5.41, 5.74) is 1.79. The van der Waals surface area contributed by atoms with E-state index in [0.29, 0.717) is 20.8 Å². The highest BCUT2D eigenvalue weighted by molar-refractivity contribution is 6.41. The minimum Gasteiger partial charge on any atom is -0.376 e. The van der Waals surface area contributed by atoms with Crippen LogP contribution < -0.4 is 5.32 Å². The van der Waals surface area contributed by atoms with Gasteiger partial charge in [-0.2, -0.15) is 0 Å². The van der Waals surface area contributed by atoms with Gasteiger partial charge in [0.1, 0.15) is 0 Å². The Morgan fingerprint density at radius 3 is 2.17 bits per heavy atom. The van der Waals surface area contributed by atoms with E-state index in [-0.39, 0.29) is 6.04 Å². The average Bonchev–Trinajstić information content (AvgIpc) is 2.34. The second kappa shape index (κ2) is 5.79. The van der Waals surface area contributed by atoms with E-state index in [1.807, 2.05) is 19.1 Å². The first-order chi connectivity index (χ1) is 8.58. The molecular formula is C13H11Cl3N2.